The van der Waals surface area contributed by atoms with E-state index < -0.39 is 0 Å². The Bertz CT molecular complexity index is 321. The number of benzene rings is 1. The van der Waals surface area contributed by atoms with Crippen LogP contribution in [-0.2, 0) is 11.3 Å². The lowest BCUT2D eigenvalue weighted by Crippen LogP contribution is -2.22. The van der Waals surface area contributed by atoms with Crippen LogP contribution in [0, 0.1) is 0 Å². The van der Waals surface area contributed by atoms with Crippen LogP contribution in [-0.4, -0.2) is 12.2 Å². The molecule has 3 heteroatoms. The standard InChI is InChI=1S/C11H13NOS/c1-9(14-2)11(13)12-8-10-6-4-3-5-7-10/h3-7H,1,8H2,2H3,(H,12,13). The topological polar surface area (TPSA) is 29.1 Å². The van der Waals surface area contributed by atoms with Crippen LogP contribution in [0.2, 0.25) is 0 Å². The van der Waals surface area contributed by atoms with E-state index in [2.05, 4.69) is 11.9 Å². The number of rotatable bonds is 4. The van der Waals surface area contributed by atoms with Crippen molar-refractivity contribution in [2.75, 3.05) is 6.26 Å². The molecule has 0 atom stereocenters. The number of hydrogen-bond acceptors (Lipinski definition) is 2. The van der Waals surface area contributed by atoms with Gasteiger partial charge < -0.3 is 5.32 Å². The SMILES string of the molecule is C=C(SC)C(=O)NCc1ccccc1. The molecule has 0 spiro atoms. The van der Waals surface area contributed by atoms with Crippen molar-refractivity contribution >= 4 is 17.7 Å². The number of hydrogen-bond donors (Lipinski definition) is 1. The van der Waals surface area contributed by atoms with Gasteiger partial charge in [0.05, 0.1) is 4.91 Å². The minimum absolute atomic E-state index is 0.0960. The zero-order valence-electron chi connectivity index (χ0n) is 8.12. The predicted octanol–water partition coefficient (Wildman–Crippen LogP) is 2.18. The second kappa shape index (κ2) is 5.50. The first-order valence-electron chi connectivity index (χ1n) is 4.29. The van der Waals surface area contributed by atoms with Crippen molar-refractivity contribution in [3.63, 3.8) is 0 Å². The van der Waals surface area contributed by atoms with E-state index in [-0.39, 0.29) is 5.91 Å². The molecule has 0 aliphatic heterocycles. The van der Waals surface area contributed by atoms with Gasteiger partial charge in [-0.1, -0.05) is 36.9 Å². The molecule has 0 unspecified atom stereocenters. The summed E-state index contributed by atoms with van der Waals surface area (Å²) in [5.41, 5.74) is 1.09. The van der Waals surface area contributed by atoms with Crippen LogP contribution in [0.1, 0.15) is 5.56 Å². The summed E-state index contributed by atoms with van der Waals surface area (Å²) >= 11 is 1.36. The molecule has 1 rings (SSSR count). The second-order valence-corrected chi connectivity index (χ2v) is 3.70. The van der Waals surface area contributed by atoms with Crippen LogP contribution in [0.4, 0.5) is 0 Å². The van der Waals surface area contributed by atoms with Gasteiger partial charge in [-0.2, -0.15) is 0 Å². The van der Waals surface area contributed by atoms with E-state index in [1.165, 1.54) is 11.8 Å². The van der Waals surface area contributed by atoms with Gasteiger partial charge in [0.2, 0.25) is 0 Å². The number of amides is 1. The van der Waals surface area contributed by atoms with Crippen LogP contribution in [0.5, 0.6) is 0 Å². The Morgan fingerprint density at radius 1 is 1.43 bits per heavy atom. The van der Waals surface area contributed by atoms with Gasteiger partial charge in [0, 0.05) is 6.54 Å². The van der Waals surface area contributed by atoms with Gasteiger partial charge >= 0.3 is 0 Å². The molecule has 0 saturated heterocycles. The van der Waals surface area contributed by atoms with Gasteiger partial charge in [0.1, 0.15) is 0 Å². The fraction of sp³-hybridized carbons (Fsp3) is 0.182. The molecule has 0 heterocycles. The van der Waals surface area contributed by atoms with Gasteiger partial charge in [-0.3, -0.25) is 4.79 Å². The molecule has 0 saturated carbocycles. The average Bonchev–Trinajstić information content (AvgIpc) is 2.26. The molecule has 0 radical (unpaired) electrons. The molecule has 0 aromatic heterocycles. The molecule has 0 aliphatic rings. The molecule has 1 aromatic carbocycles. The first kappa shape index (κ1) is 10.9. The highest BCUT2D eigenvalue weighted by atomic mass is 32.2. The van der Waals surface area contributed by atoms with Crippen molar-refractivity contribution in [3.8, 4) is 0 Å². The molecule has 1 aromatic rings. The molecule has 0 aliphatic carbocycles. The fourth-order valence-electron chi connectivity index (χ4n) is 0.969. The molecule has 1 N–H and O–H groups in total. The van der Waals surface area contributed by atoms with Crippen LogP contribution < -0.4 is 5.32 Å². The molecule has 14 heavy (non-hydrogen) atoms. The summed E-state index contributed by atoms with van der Waals surface area (Å²) in [6.07, 6.45) is 1.84. The van der Waals surface area contributed by atoms with E-state index in [1.54, 1.807) is 0 Å². The van der Waals surface area contributed by atoms with Gasteiger partial charge in [0.15, 0.2) is 0 Å². The number of nitrogens with one attached hydrogen (secondary N) is 1. The second-order valence-electron chi connectivity index (χ2n) is 2.80. The molecule has 0 bridgehead atoms. The van der Waals surface area contributed by atoms with Crippen LogP contribution in [0.3, 0.4) is 0 Å². The smallest absolute Gasteiger partial charge is 0.257 e. The first-order chi connectivity index (χ1) is 6.74. The van der Waals surface area contributed by atoms with Gasteiger partial charge in [-0.15, -0.1) is 11.8 Å². The Hall–Kier alpha value is -1.22. The zero-order valence-corrected chi connectivity index (χ0v) is 8.93. The number of carbonyl (C=O) groups excluding carboxylic acids is 1. The molecule has 2 nitrogen and oxygen atoms in total. The fourth-order valence-corrected chi connectivity index (χ4v) is 1.23. The van der Waals surface area contributed by atoms with Crippen LogP contribution >= 0.6 is 11.8 Å². The maximum atomic E-state index is 11.3. The zero-order chi connectivity index (χ0) is 10.4. The van der Waals surface area contributed by atoms with Crippen molar-refractivity contribution in [3.05, 3.63) is 47.4 Å². The van der Waals surface area contributed by atoms with E-state index in [9.17, 15) is 4.79 Å². The average molecular weight is 207 g/mol. The summed E-state index contributed by atoms with van der Waals surface area (Å²) in [5, 5.41) is 2.79. The van der Waals surface area contributed by atoms with Crippen molar-refractivity contribution in [2.24, 2.45) is 0 Å². The van der Waals surface area contributed by atoms with Gasteiger partial charge in [-0.25, -0.2) is 0 Å². The molecular formula is C11H13NOS. The molecule has 74 valence electrons. The van der Waals surface area contributed by atoms with Crippen LogP contribution in [0.25, 0.3) is 0 Å². The van der Waals surface area contributed by atoms with Gasteiger partial charge in [0.25, 0.3) is 5.91 Å². The summed E-state index contributed by atoms with van der Waals surface area (Å²) in [6, 6.07) is 9.80. The lowest BCUT2D eigenvalue weighted by molar-refractivity contribution is -0.116. The summed E-state index contributed by atoms with van der Waals surface area (Å²) in [5.74, 6) is -0.0960. The minimum atomic E-state index is -0.0960. The van der Waals surface area contributed by atoms with Gasteiger partial charge in [-0.05, 0) is 11.8 Å². The highest BCUT2D eigenvalue weighted by molar-refractivity contribution is 8.03. The summed E-state index contributed by atoms with van der Waals surface area (Å²) in [6.45, 7) is 4.19. The molecular weight excluding hydrogens is 194 g/mol. The van der Waals surface area contributed by atoms with Crippen molar-refractivity contribution in [1.29, 1.82) is 0 Å². The third-order valence-corrected chi connectivity index (χ3v) is 2.47. The van der Waals surface area contributed by atoms with Crippen molar-refractivity contribution in [1.82, 2.24) is 5.32 Å². The summed E-state index contributed by atoms with van der Waals surface area (Å²) < 4.78 is 0. The van der Waals surface area contributed by atoms with Crippen molar-refractivity contribution < 1.29 is 4.79 Å². The Morgan fingerprint density at radius 3 is 2.64 bits per heavy atom. The normalized spacial score (nSPS) is 9.50. The number of carbonyl (C=O) groups is 1. The van der Waals surface area contributed by atoms with E-state index in [0.717, 1.165) is 5.56 Å². The third-order valence-electron chi connectivity index (χ3n) is 1.80. The predicted molar refractivity (Wildman–Crippen MR) is 60.9 cm³/mol. The highest BCUT2D eigenvalue weighted by Gasteiger charge is 2.03. The Kier molecular flexibility index (Phi) is 4.26. The third kappa shape index (κ3) is 3.26. The van der Waals surface area contributed by atoms with Crippen molar-refractivity contribution in [2.45, 2.75) is 6.54 Å². The van der Waals surface area contributed by atoms with E-state index in [0.29, 0.717) is 11.4 Å². The number of thioether (sulfide) groups is 1. The Morgan fingerprint density at radius 2 is 2.07 bits per heavy atom. The van der Waals surface area contributed by atoms with E-state index in [1.807, 2.05) is 36.6 Å². The Balaban J connectivity index is 2.42. The maximum Gasteiger partial charge on any atom is 0.257 e. The summed E-state index contributed by atoms with van der Waals surface area (Å²) in [7, 11) is 0. The highest BCUT2D eigenvalue weighted by Crippen LogP contribution is 2.08. The van der Waals surface area contributed by atoms with E-state index in [4.69, 9.17) is 0 Å². The lowest BCUT2D eigenvalue weighted by Gasteiger charge is -2.05. The van der Waals surface area contributed by atoms with Crippen LogP contribution in [0.15, 0.2) is 41.8 Å². The first-order valence-corrected chi connectivity index (χ1v) is 5.51. The molecule has 0 fully saturated rings. The lowest BCUT2D eigenvalue weighted by atomic mass is 10.2. The van der Waals surface area contributed by atoms with E-state index >= 15 is 0 Å². The maximum absolute atomic E-state index is 11.3. The quantitative estimate of drug-likeness (QED) is 0.767. The monoisotopic (exact) mass is 207 g/mol. The summed E-state index contributed by atoms with van der Waals surface area (Å²) in [4.78, 5) is 11.9. The largest absolute Gasteiger partial charge is 0.348 e. The minimum Gasteiger partial charge on any atom is -0.348 e. The molecule has 1 amide bonds. The Labute approximate surface area is 88.4 Å².